The molecule has 0 aromatic carbocycles. The molecule has 14 nitrogen and oxygen atoms in total. The number of rotatable bonds is 56. The van der Waals surface area contributed by atoms with E-state index in [0.717, 1.165) is 77.0 Å². The number of carbonyl (C=O) groups excluding carboxylic acids is 1. The Bertz CT molecular complexity index is 1890. The number of aliphatic hydroxyl groups is 8. The summed E-state index contributed by atoms with van der Waals surface area (Å²) < 4.78 is 22.8. The van der Waals surface area contributed by atoms with Crippen LogP contribution < -0.4 is 5.32 Å². The summed E-state index contributed by atoms with van der Waals surface area (Å²) in [5.74, 6) is -0.283. The average Bonchev–Trinajstić information content (AvgIpc) is 2.07. The SMILES string of the molecule is CC/C=C\C/C=C\C/C=C\C/C=C\C/C=C\C/C=C\C/C=C\CCCCCC(=O)NC(COC1OC(CO)C(OC2OC(CO)C(O)C(O)C2O)C(O)C1O)C(O)/C=C/CC/C=C/CCCCCCCCCCCCCCCCCCCCCCCCC. The van der Waals surface area contributed by atoms with Crippen LogP contribution in [0.1, 0.15) is 258 Å². The Hall–Kier alpha value is -3.35. The predicted octanol–water partition coefficient (Wildman–Crippen LogP) is 14.3. The van der Waals surface area contributed by atoms with Gasteiger partial charge < -0.3 is 65.1 Å². The molecule has 9 N–H and O–H groups in total. The van der Waals surface area contributed by atoms with Crippen LogP contribution in [0.5, 0.6) is 0 Å². The largest absolute Gasteiger partial charge is 0.394 e. The minimum Gasteiger partial charge on any atom is -0.394 e. The number of ether oxygens (including phenoxy) is 4. The van der Waals surface area contributed by atoms with Gasteiger partial charge in [0.15, 0.2) is 12.6 Å². The number of amides is 1. The van der Waals surface area contributed by atoms with Gasteiger partial charge in [-0.05, 0) is 89.9 Å². The predicted molar refractivity (Wildman–Crippen MR) is 359 cm³/mol. The van der Waals surface area contributed by atoms with Crippen LogP contribution in [0.25, 0.3) is 0 Å². The molecule has 2 aliphatic heterocycles. The summed E-state index contributed by atoms with van der Waals surface area (Å²) in [6.07, 6.45) is 65.7. The Morgan fingerprint density at radius 3 is 1.25 bits per heavy atom. The van der Waals surface area contributed by atoms with Crippen LogP contribution in [0.4, 0.5) is 0 Å². The summed E-state index contributed by atoms with van der Waals surface area (Å²) in [6, 6.07) is -0.960. The van der Waals surface area contributed by atoms with Gasteiger partial charge >= 0.3 is 0 Å². The van der Waals surface area contributed by atoms with Gasteiger partial charge in [-0.3, -0.25) is 4.79 Å². The number of hydrogen-bond donors (Lipinski definition) is 9. The van der Waals surface area contributed by atoms with Crippen LogP contribution in [0.15, 0.2) is 109 Å². The van der Waals surface area contributed by atoms with Crippen molar-refractivity contribution in [1.29, 1.82) is 0 Å². The quantitative estimate of drug-likeness (QED) is 0.0204. The maximum Gasteiger partial charge on any atom is 0.220 e. The molecule has 14 heteroatoms. The van der Waals surface area contributed by atoms with Crippen molar-refractivity contribution in [3.8, 4) is 0 Å². The number of nitrogens with one attached hydrogen (secondary N) is 1. The molecule has 0 aliphatic carbocycles. The summed E-state index contributed by atoms with van der Waals surface area (Å²) in [5, 5.41) is 87.4. The van der Waals surface area contributed by atoms with Gasteiger partial charge in [-0.2, -0.15) is 0 Å². The Kier molecular flexibility index (Phi) is 52.8. The molecule has 2 aliphatic rings. The normalized spacial score (nSPS) is 23.8. The van der Waals surface area contributed by atoms with Gasteiger partial charge in [0.2, 0.25) is 5.91 Å². The molecule has 0 radical (unpaired) electrons. The van der Waals surface area contributed by atoms with Crippen molar-refractivity contribution >= 4 is 5.91 Å². The lowest BCUT2D eigenvalue weighted by Gasteiger charge is -2.46. The van der Waals surface area contributed by atoms with Crippen molar-refractivity contribution in [2.75, 3.05) is 19.8 Å². The van der Waals surface area contributed by atoms with E-state index in [2.05, 4.69) is 116 Å². The van der Waals surface area contributed by atoms with E-state index < -0.39 is 86.8 Å². The van der Waals surface area contributed by atoms with Crippen molar-refractivity contribution in [3.05, 3.63) is 109 Å². The first-order valence-electron chi connectivity index (χ1n) is 35.1. The second-order valence-corrected chi connectivity index (χ2v) is 24.3. The maximum absolute atomic E-state index is 13.3. The van der Waals surface area contributed by atoms with E-state index in [0.29, 0.717) is 12.8 Å². The Labute approximate surface area is 534 Å². The van der Waals surface area contributed by atoms with Crippen molar-refractivity contribution < 1.29 is 64.6 Å². The van der Waals surface area contributed by atoms with Crippen LogP contribution in [0.2, 0.25) is 0 Å². The highest BCUT2D eigenvalue weighted by atomic mass is 16.7. The topological polar surface area (TPSA) is 228 Å². The lowest BCUT2D eigenvalue weighted by atomic mass is 9.97. The molecule has 12 atom stereocenters. The molecule has 0 saturated carbocycles. The first-order chi connectivity index (χ1) is 43.1. The molecule has 88 heavy (non-hydrogen) atoms. The molecule has 1 amide bonds. The highest BCUT2D eigenvalue weighted by Crippen LogP contribution is 2.30. The summed E-state index contributed by atoms with van der Waals surface area (Å²) in [6.45, 7) is 2.66. The van der Waals surface area contributed by atoms with Crippen molar-refractivity contribution in [3.63, 3.8) is 0 Å². The number of aliphatic hydroxyl groups excluding tert-OH is 8. The molecule has 2 fully saturated rings. The van der Waals surface area contributed by atoms with E-state index in [9.17, 15) is 45.6 Å². The highest BCUT2D eigenvalue weighted by Gasteiger charge is 2.51. The Morgan fingerprint density at radius 2 is 0.795 bits per heavy atom. The zero-order chi connectivity index (χ0) is 63.8. The van der Waals surface area contributed by atoms with Crippen LogP contribution in [-0.4, -0.2) is 140 Å². The molecule has 12 unspecified atom stereocenters. The molecule has 0 aromatic heterocycles. The van der Waals surface area contributed by atoms with Gasteiger partial charge in [0.25, 0.3) is 0 Å². The highest BCUT2D eigenvalue weighted by molar-refractivity contribution is 5.76. The average molecular weight is 1240 g/mol. The Morgan fingerprint density at radius 1 is 0.420 bits per heavy atom. The van der Waals surface area contributed by atoms with E-state index >= 15 is 0 Å². The molecule has 2 heterocycles. The molecule has 2 saturated heterocycles. The van der Waals surface area contributed by atoms with Crippen LogP contribution in [-0.2, 0) is 23.7 Å². The van der Waals surface area contributed by atoms with Crippen LogP contribution in [0, 0.1) is 0 Å². The van der Waals surface area contributed by atoms with E-state index in [1.54, 1.807) is 6.08 Å². The van der Waals surface area contributed by atoms with Gasteiger partial charge in [0.05, 0.1) is 32.0 Å². The van der Waals surface area contributed by atoms with E-state index in [-0.39, 0.29) is 18.9 Å². The fraction of sp³-hybridized carbons (Fsp3) is 0.743. The minimum atomic E-state index is -1.80. The molecule has 0 spiro atoms. The molecular formula is C74H127NO13. The summed E-state index contributed by atoms with van der Waals surface area (Å²) in [5.41, 5.74) is 0. The fourth-order valence-electron chi connectivity index (χ4n) is 10.9. The fourth-order valence-corrected chi connectivity index (χ4v) is 10.9. The standard InChI is InChI=1S/C74H127NO13/c1-3-5-7-9-11-13-15-17-19-21-23-25-27-29-30-31-32-34-35-37-39-41-43-45-47-49-51-53-55-57-63(78)62(61-85-73-71(84)69(82)72(65(60-77)87-73)88-74-70(83)68(81)67(80)64(59-76)86-74)75-66(79)58-56-54-52-50-48-46-44-42-40-38-36-33-28-26-24-22-20-18-16-14-12-10-8-6-4-2/h6,8,12,14,18,20,24,26,33,36,40,42,46-49,55,57,62-65,67-74,76-78,80-84H,3-5,7,9-11,13,15-17,19,21-23,25,27-32,34-35,37-39,41,43-45,50-54,56,58-61H2,1-2H3,(H,75,79)/b8-6-,14-12-,20-18-,26-24-,36-33-,42-40-,48-46-,49-47+,57-55+. The molecular weight excluding hydrogens is 1110 g/mol. The molecule has 0 aromatic rings. The zero-order valence-electron chi connectivity index (χ0n) is 54.9. The summed E-state index contributed by atoms with van der Waals surface area (Å²) in [4.78, 5) is 13.3. The summed E-state index contributed by atoms with van der Waals surface area (Å²) in [7, 11) is 0. The van der Waals surface area contributed by atoms with Gasteiger partial charge in [-0.15, -0.1) is 0 Å². The monoisotopic (exact) mass is 1240 g/mol. The summed E-state index contributed by atoms with van der Waals surface area (Å²) >= 11 is 0. The lowest BCUT2D eigenvalue weighted by Crippen LogP contribution is -2.65. The van der Waals surface area contributed by atoms with Crippen molar-refractivity contribution in [2.24, 2.45) is 0 Å². The number of allylic oxidation sites excluding steroid dienone is 17. The smallest absolute Gasteiger partial charge is 0.220 e. The van der Waals surface area contributed by atoms with E-state index in [4.69, 9.17) is 18.9 Å². The number of unbranched alkanes of at least 4 members (excludes halogenated alkanes) is 27. The number of hydrogen-bond acceptors (Lipinski definition) is 13. The second-order valence-electron chi connectivity index (χ2n) is 24.3. The zero-order valence-corrected chi connectivity index (χ0v) is 54.9. The van der Waals surface area contributed by atoms with Crippen LogP contribution >= 0.6 is 0 Å². The van der Waals surface area contributed by atoms with Crippen molar-refractivity contribution in [2.45, 2.75) is 331 Å². The Balaban J connectivity index is 1.73. The second kappa shape index (κ2) is 57.5. The molecule has 0 bridgehead atoms. The van der Waals surface area contributed by atoms with Gasteiger partial charge in [0, 0.05) is 6.42 Å². The lowest BCUT2D eigenvalue weighted by molar-refractivity contribution is -0.359. The first kappa shape index (κ1) is 80.7. The third-order valence-electron chi connectivity index (χ3n) is 16.4. The van der Waals surface area contributed by atoms with E-state index in [1.807, 2.05) is 6.08 Å². The third kappa shape index (κ3) is 41.2. The third-order valence-corrected chi connectivity index (χ3v) is 16.4. The van der Waals surface area contributed by atoms with E-state index in [1.165, 1.54) is 148 Å². The maximum atomic E-state index is 13.3. The molecule has 506 valence electrons. The van der Waals surface area contributed by atoms with Crippen LogP contribution in [0.3, 0.4) is 0 Å². The molecule has 2 rings (SSSR count). The first-order valence-corrected chi connectivity index (χ1v) is 35.1. The van der Waals surface area contributed by atoms with Crippen molar-refractivity contribution in [1.82, 2.24) is 5.32 Å². The van der Waals surface area contributed by atoms with Gasteiger partial charge in [-0.25, -0.2) is 0 Å². The van der Waals surface area contributed by atoms with Gasteiger partial charge in [0.1, 0.15) is 48.8 Å². The van der Waals surface area contributed by atoms with Gasteiger partial charge in [-0.1, -0.05) is 271 Å². The number of carbonyl (C=O) groups is 1. The minimum absolute atomic E-state index is 0.227.